The summed E-state index contributed by atoms with van der Waals surface area (Å²) in [6.45, 7) is 1.60. The fourth-order valence-corrected chi connectivity index (χ4v) is 2.38. The Labute approximate surface area is 104 Å². The Morgan fingerprint density at radius 1 is 1.33 bits per heavy atom. The van der Waals surface area contributed by atoms with E-state index < -0.39 is 5.97 Å². The molecule has 5 heteroatoms. The van der Waals surface area contributed by atoms with Crippen molar-refractivity contribution in [3.63, 3.8) is 0 Å². The zero-order chi connectivity index (χ0) is 12.5. The highest BCUT2D eigenvalue weighted by molar-refractivity contribution is 5.86. The van der Waals surface area contributed by atoms with Crippen molar-refractivity contribution in [2.45, 2.75) is 18.8 Å². The summed E-state index contributed by atoms with van der Waals surface area (Å²) in [5.74, 6) is -0.495. The lowest BCUT2D eigenvalue weighted by Gasteiger charge is -2.22. The van der Waals surface area contributed by atoms with E-state index in [1.165, 1.54) is 5.56 Å². The number of nitrogens with zero attached hydrogens (tertiary/aromatic N) is 2. The normalized spacial score (nSPS) is 17.1. The van der Waals surface area contributed by atoms with E-state index in [1.807, 2.05) is 18.3 Å². The Kier molecular flexibility index (Phi) is 2.76. The van der Waals surface area contributed by atoms with Crippen LogP contribution < -0.4 is 0 Å². The van der Waals surface area contributed by atoms with Crippen LogP contribution in [0, 0.1) is 0 Å². The van der Waals surface area contributed by atoms with Gasteiger partial charge in [0.1, 0.15) is 5.65 Å². The van der Waals surface area contributed by atoms with Gasteiger partial charge in [0.2, 0.25) is 0 Å². The molecule has 1 aliphatic rings. The average molecular weight is 246 g/mol. The van der Waals surface area contributed by atoms with E-state index >= 15 is 0 Å². The number of hydrogen-bond donors (Lipinski definition) is 1. The molecule has 1 N–H and O–H groups in total. The Bertz CT molecular complexity index is 585. The fraction of sp³-hybridized carbons (Fsp3) is 0.385. The molecule has 0 aliphatic carbocycles. The third kappa shape index (κ3) is 1.97. The van der Waals surface area contributed by atoms with Crippen LogP contribution in [-0.4, -0.2) is 33.7 Å². The number of carboxylic acid groups (broad SMARTS) is 1. The summed E-state index contributed by atoms with van der Waals surface area (Å²) < 4.78 is 7.13. The van der Waals surface area contributed by atoms with Crippen molar-refractivity contribution in [3.05, 3.63) is 35.8 Å². The van der Waals surface area contributed by atoms with E-state index in [1.54, 1.807) is 10.6 Å². The average Bonchev–Trinajstić information content (AvgIpc) is 2.82. The predicted octanol–water partition coefficient (Wildman–Crippen LogP) is 1.93. The van der Waals surface area contributed by atoms with Gasteiger partial charge in [0.25, 0.3) is 0 Å². The summed E-state index contributed by atoms with van der Waals surface area (Å²) >= 11 is 0. The van der Waals surface area contributed by atoms with Crippen LogP contribution in [0.4, 0.5) is 0 Å². The van der Waals surface area contributed by atoms with Gasteiger partial charge in [0.05, 0.1) is 0 Å². The van der Waals surface area contributed by atoms with Crippen LogP contribution >= 0.6 is 0 Å². The van der Waals surface area contributed by atoms with Gasteiger partial charge in [-0.1, -0.05) is 6.07 Å². The molecule has 18 heavy (non-hydrogen) atoms. The molecule has 0 radical (unpaired) electrons. The zero-order valence-corrected chi connectivity index (χ0v) is 9.87. The van der Waals surface area contributed by atoms with E-state index in [2.05, 4.69) is 4.98 Å². The van der Waals surface area contributed by atoms with E-state index in [9.17, 15) is 4.79 Å². The summed E-state index contributed by atoms with van der Waals surface area (Å²) in [4.78, 5) is 14.9. The molecule has 94 valence electrons. The maximum atomic E-state index is 10.9. The van der Waals surface area contributed by atoms with E-state index in [4.69, 9.17) is 9.84 Å². The minimum atomic E-state index is -0.994. The van der Waals surface area contributed by atoms with E-state index in [0.29, 0.717) is 11.6 Å². The SMILES string of the molecule is O=C(O)c1cn2cc(C3CCOCC3)ccc2n1. The number of ether oxygens (including phenoxy) is 1. The summed E-state index contributed by atoms with van der Waals surface area (Å²) in [5.41, 5.74) is 1.97. The quantitative estimate of drug-likeness (QED) is 0.879. The van der Waals surface area contributed by atoms with Gasteiger partial charge in [-0.2, -0.15) is 0 Å². The lowest BCUT2D eigenvalue weighted by molar-refractivity contribution is 0.0691. The molecule has 0 bridgehead atoms. The standard InChI is InChI=1S/C13H14N2O3/c16-13(17)11-8-15-7-10(1-2-12(15)14-11)9-3-5-18-6-4-9/h1-2,7-9H,3-6H2,(H,16,17). The van der Waals surface area contributed by atoms with Gasteiger partial charge < -0.3 is 14.2 Å². The number of fused-ring (bicyclic) bond motifs is 1. The monoisotopic (exact) mass is 246 g/mol. The largest absolute Gasteiger partial charge is 0.476 e. The van der Waals surface area contributed by atoms with Gasteiger partial charge >= 0.3 is 5.97 Å². The maximum Gasteiger partial charge on any atom is 0.356 e. The van der Waals surface area contributed by atoms with Gasteiger partial charge in [-0.25, -0.2) is 9.78 Å². The molecule has 2 aromatic heterocycles. The van der Waals surface area contributed by atoms with Crippen molar-refractivity contribution < 1.29 is 14.6 Å². The number of hydrogen-bond acceptors (Lipinski definition) is 3. The first kappa shape index (κ1) is 11.2. The van der Waals surface area contributed by atoms with Crippen LogP contribution in [0.5, 0.6) is 0 Å². The molecule has 0 saturated carbocycles. The van der Waals surface area contributed by atoms with Gasteiger partial charge in [-0.15, -0.1) is 0 Å². The van der Waals surface area contributed by atoms with Gasteiger partial charge in [0, 0.05) is 25.6 Å². The number of imidazole rings is 1. The van der Waals surface area contributed by atoms with Crippen molar-refractivity contribution in [2.24, 2.45) is 0 Å². The fourth-order valence-electron chi connectivity index (χ4n) is 2.38. The van der Waals surface area contributed by atoms with Crippen LogP contribution in [0.15, 0.2) is 24.5 Å². The Morgan fingerprint density at radius 3 is 2.83 bits per heavy atom. The molecule has 5 nitrogen and oxygen atoms in total. The van der Waals surface area contributed by atoms with Crippen molar-refractivity contribution in [3.8, 4) is 0 Å². The molecule has 3 rings (SSSR count). The maximum absolute atomic E-state index is 10.9. The molecule has 3 heterocycles. The van der Waals surface area contributed by atoms with Crippen LogP contribution in [0.1, 0.15) is 34.8 Å². The number of carbonyl (C=O) groups is 1. The van der Waals surface area contributed by atoms with Crippen molar-refractivity contribution >= 4 is 11.6 Å². The molecule has 0 atom stereocenters. The molecule has 1 fully saturated rings. The topological polar surface area (TPSA) is 63.8 Å². The van der Waals surface area contributed by atoms with E-state index in [0.717, 1.165) is 26.1 Å². The van der Waals surface area contributed by atoms with Crippen LogP contribution in [-0.2, 0) is 4.74 Å². The highest BCUT2D eigenvalue weighted by atomic mass is 16.5. The Hall–Kier alpha value is -1.88. The Balaban J connectivity index is 1.96. The predicted molar refractivity (Wildman–Crippen MR) is 64.9 cm³/mol. The number of carboxylic acids is 1. The first-order valence-corrected chi connectivity index (χ1v) is 6.04. The highest BCUT2D eigenvalue weighted by Crippen LogP contribution is 2.26. The zero-order valence-electron chi connectivity index (χ0n) is 9.87. The van der Waals surface area contributed by atoms with Gasteiger partial charge in [-0.05, 0) is 30.4 Å². The molecule has 0 spiro atoms. The molecular formula is C13H14N2O3. The summed E-state index contributed by atoms with van der Waals surface area (Å²) in [7, 11) is 0. The van der Waals surface area contributed by atoms with Gasteiger partial charge in [-0.3, -0.25) is 0 Å². The molecule has 0 amide bonds. The minimum Gasteiger partial charge on any atom is -0.476 e. The van der Waals surface area contributed by atoms with Crippen LogP contribution in [0.3, 0.4) is 0 Å². The van der Waals surface area contributed by atoms with Crippen molar-refractivity contribution in [1.29, 1.82) is 0 Å². The number of rotatable bonds is 2. The molecule has 2 aromatic rings. The third-order valence-electron chi connectivity index (χ3n) is 3.39. The number of pyridine rings is 1. The highest BCUT2D eigenvalue weighted by Gasteiger charge is 2.17. The second kappa shape index (κ2) is 4.42. The van der Waals surface area contributed by atoms with Crippen molar-refractivity contribution in [2.75, 3.05) is 13.2 Å². The second-order valence-electron chi connectivity index (χ2n) is 4.55. The van der Waals surface area contributed by atoms with E-state index in [-0.39, 0.29) is 5.69 Å². The smallest absolute Gasteiger partial charge is 0.356 e. The molecule has 0 aromatic carbocycles. The Morgan fingerprint density at radius 2 is 2.11 bits per heavy atom. The lowest BCUT2D eigenvalue weighted by Crippen LogP contribution is -2.14. The van der Waals surface area contributed by atoms with Crippen LogP contribution in [0.2, 0.25) is 0 Å². The summed E-state index contributed by atoms with van der Waals surface area (Å²) in [5, 5.41) is 8.91. The first-order valence-electron chi connectivity index (χ1n) is 6.04. The lowest BCUT2D eigenvalue weighted by atomic mass is 9.93. The minimum absolute atomic E-state index is 0.0825. The number of aromatic nitrogens is 2. The third-order valence-corrected chi connectivity index (χ3v) is 3.39. The van der Waals surface area contributed by atoms with Crippen molar-refractivity contribution in [1.82, 2.24) is 9.38 Å². The summed E-state index contributed by atoms with van der Waals surface area (Å²) in [6.07, 6.45) is 5.57. The molecular weight excluding hydrogens is 232 g/mol. The molecule has 0 unspecified atom stereocenters. The second-order valence-corrected chi connectivity index (χ2v) is 4.55. The van der Waals surface area contributed by atoms with Gasteiger partial charge in [0.15, 0.2) is 5.69 Å². The molecule has 1 aliphatic heterocycles. The summed E-state index contributed by atoms with van der Waals surface area (Å²) in [6, 6.07) is 3.90. The number of aromatic carboxylic acids is 1. The van der Waals surface area contributed by atoms with Crippen LogP contribution in [0.25, 0.3) is 5.65 Å². The molecule has 1 saturated heterocycles. The first-order chi connectivity index (χ1) is 8.74.